The summed E-state index contributed by atoms with van der Waals surface area (Å²) in [7, 11) is 2.13. The maximum atomic E-state index is 11.4. The number of hydrogen-bond donors (Lipinski definition) is 0. The molecule has 82 valence electrons. The molecule has 0 atom stereocenters. The van der Waals surface area contributed by atoms with Gasteiger partial charge >= 0.3 is 0 Å². The fraction of sp³-hybridized carbons (Fsp3) is 0.583. The SMILES string of the molecule is CC(=O)c1cc2c(s1)C(C)(C)CN(C)C2. The Hall–Kier alpha value is -0.670. The van der Waals surface area contributed by atoms with E-state index in [-0.39, 0.29) is 11.2 Å². The molecule has 0 spiro atoms. The number of fused-ring (bicyclic) bond motifs is 1. The smallest absolute Gasteiger partial charge is 0.169 e. The first-order valence-corrected chi connectivity index (χ1v) is 6.04. The van der Waals surface area contributed by atoms with Crippen molar-refractivity contribution in [3.05, 3.63) is 21.4 Å². The summed E-state index contributed by atoms with van der Waals surface area (Å²) >= 11 is 1.68. The van der Waals surface area contributed by atoms with Crippen molar-refractivity contribution in [1.29, 1.82) is 0 Å². The van der Waals surface area contributed by atoms with Crippen LogP contribution in [0.1, 0.15) is 40.9 Å². The molecule has 0 N–H and O–H groups in total. The van der Waals surface area contributed by atoms with Gasteiger partial charge in [-0.2, -0.15) is 0 Å². The van der Waals surface area contributed by atoms with Crippen molar-refractivity contribution in [2.24, 2.45) is 0 Å². The van der Waals surface area contributed by atoms with Gasteiger partial charge < -0.3 is 4.90 Å². The average Bonchev–Trinajstić information content (AvgIpc) is 2.46. The number of Topliss-reactive ketones (excluding diaryl/α,β-unsaturated/α-hetero) is 1. The summed E-state index contributed by atoms with van der Waals surface area (Å²) in [4.78, 5) is 16.0. The molecule has 0 fully saturated rings. The second-order valence-electron chi connectivity index (χ2n) is 5.08. The van der Waals surface area contributed by atoms with E-state index in [2.05, 4.69) is 31.9 Å². The maximum absolute atomic E-state index is 11.4. The molecule has 0 aromatic carbocycles. The van der Waals surface area contributed by atoms with Crippen molar-refractivity contribution in [2.45, 2.75) is 32.7 Å². The Morgan fingerprint density at radius 2 is 2.20 bits per heavy atom. The van der Waals surface area contributed by atoms with Crippen molar-refractivity contribution in [3.63, 3.8) is 0 Å². The van der Waals surface area contributed by atoms with Crippen molar-refractivity contribution < 1.29 is 4.79 Å². The number of thiophene rings is 1. The zero-order valence-electron chi connectivity index (χ0n) is 9.76. The summed E-state index contributed by atoms with van der Waals surface area (Å²) in [5.41, 5.74) is 1.52. The summed E-state index contributed by atoms with van der Waals surface area (Å²) in [5, 5.41) is 0. The normalized spacial score (nSPS) is 20.0. The lowest BCUT2D eigenvalue weighted by atomic mass is 9.85. The molecular formula is C12H17NOS. The third kappa shape index (κ3) is 1.86. The lowest BCUT2D eigenvalue weighted by molar-refractivity contribution is 0.102. The van der Waals surface area contributed by atoms with Gasteiger partial charge in [0.25, 0.3) is 0 Å². The molecule has 2 rings (SSSR count). The molecule has 0 saturated carbocycles. The Morgan fingerprint density at radius 3 is 2.80 bits per heavy atom. The van der Waals surface area contributed by atoms with E-state index in [0.29, 0.717) is 0 Å². The average molecular weight is 223 g/mol. The van der Waals surface area contributed by atoms with Crippen LogP contribution in [0.15, 0.2) is 6.07 Å². The number of carbonyl (C=O) groups is 1. The zero-order chi connectivity index (χ0) is 11.2. The standard InChI is InChI=1S/C12H17NOS/c1-8(14)10-5-9-6-13(4)7-12(2,3)11(9)15-10/h5H,6-7H2,1-4H3. The molecule has 2 heterocycles. The maximum Gasteiger partial charge on any atom is 0.169 e. The van der Waals surface area contributed by atoms with Crippen LogP contribution in [-0.4, -0.2) is 24.3 Å². The molecule has 2 nitrogen and oxygen atoms in total. The van der Waals surface area contributed by atoms with E-state index in [9.17, 15) is 4.79 Å². The Labute approximate surface area is 94.9 Å². The molecule has 3 heteroatoms. The molecule has 1 aromatic rings. The van der Waals surface area contributed by atoms with Crippen molar-refractivity contribution in [1.82, 2.24) is 4.90 Å². The Morgan fingerprint density at radius 1 is 1.53 bits per heavy atom. The van der Waals surface area contributed by atoms with E-state index >= 15 is 0 Å². The van der Waals surface area contributed by atoms with E-state index in [0.717, 1.165) is 18.0 Å². The second kappa shape index (κ2) is 3.42. The first kappa shape index (κ1) is 10.8. The van der Waals surface area contributed by atoms with E-state index in [4.69, 9.17) is 0 Å². The van der Waals surface area contributed by atoms with Crippen molar-refractivity contribution >= 4 is 17.1 Å². The summed E-state index contributed by atoms with van der Waals surface area (Å²) in [6, 6.07) is 2.07. The predicted molar refractivity (Wildman–Crippen MR) is 63.7 cm³/mol. The third-order valence-corrected chi connectivity index (χ3v) is 4.52. The predicted octanol–water partition coefficient (Wildman–Crippen LogP) is 2.67. The van der Waals surface area contributed by atoms with Crippen LogP contribution in [0.25, 0.3) is 0 Å². The molecule has 1 aliphatic rings. The minimum Gasteiger partial charge on any atom is -0.301 e. The van der Waals surface area contributed by atoms with Crippen LogP contribution in [0.4, 0.5) is 0 Å². The van der Waals surface area contributed by atoms with Gasteiger partial charge in [-0.15, -0.1) is 11.3 Å². The molecule has 0 saturated heterocycles. The molecule has 1 aliphatic heterocycles. The van der Waals surface area contributed by atoms with E-state index in [1.54, 1.807) is 18.3 Å². The van der Waals surface area contributed by atoms with Crippen LogP contribution < -0.4 is 0 Å². The van der Waals surface area contributed by atoms with E-state index in [1.807, 2.05) is 0 Å². The highest BCUT2D eigenvalue weighted by atomic mass is 32.1. The van der Waals surface area contributed by atoms with Gasteiger partial charge in [-0.25, -0.2) is 0 Å². The van der Waals surface area contributed by atoms with Crippen LogP contribution >= 0.6 is 11.3 Å². The Balaban J connectivity index is 2.49. The highest BCUT2D eigenvalue weighted by Crippen LogP contribution is 2.38. The summed E-state index contributed by atoms with van der Waals surface area (Å²) in [5.74, 6) is 0.188. The summed E-state index contributed by atoms with van der Waals surface area (Å²) in [6.45, 7) is 8.19. The molecule has 0 bridgehead atoms. The Bertz CT molecular complexity index is 406. The van der Waals surface area contributed by atoms with Crippen LogP contribution in [0.3, 0.4) is 0 Å². The fourth-order valence-electron chi connectivity index (χ4n) is 2.39. The number of hydrogen-bond acceptors (Lipinski definition) is 3. The first-order chi connectivity index (χ1) is 6.90. The first-order valence-electron chi connectivity index (χ1n) is 5.23. The zero-order valence-corrected chi connectivity index (χ0v) is 10.6. The van der Waals surface area contributed by atoms with Crippen LogP contribution in [0.2, 0.25) is 0 Å². The third-order valence-electron chi connectivity index (χ3n) is 2.88. The van der Waals surface area contributed by atoms with Gasteiger partial charge in [0.2, 0.25) is 0 Å². The lowest BCUT2D eigenvalue weighted by Gasteiger charge is -2.35. The minimum absolute atomic E-state index is 0.181. The minimum atomic E-state index is 0.181. The molecule has 1 aromatic heterocycles. The van der Waals surface area contributed by atoms with Gasteiger partial charge in [0.1, 0.15) is 0 Å². The molecule has 0 unspecified atom stereocenters. The fourth-order valence-corrected chi connectivity index (χ4v) is 3.55. The summed E-state index contributed by atoms with van der Waals surface area (Å²) in [6.07, 6.45) is 0. The largest absolute Gasteiger partial charge is 0.301 e. The number of rotatable bonds is 1. The van der Waals surface area contributed by atoms with Crippen molar-refractivity contribution in [3.8, 4) is 0 Å². The quantitative estimate of drug-likeness (QED) is 0.682. The molecular weight excluding hydrogens is 206 g/mol. The molecule has 0 amide bonds. The van der Waals surface area contributed by atoms with Gasteiger partial charge in [-0.3, -0.25) is 4.79 Å². The van der Waals surface area contributed by atoms with Crippen LogP contribution in [-0.2, 0) is 12.0 Å². The number of ketones is 1. The number of likely N-dealkylation sites (N-methyl/N-ethyl adjacent to an activating group) is 1. The topological polar surface area (TPSA) is 20.3 Å². The van der Waals surface area contributed by atoms with Crippen molar-refractivity contribution in [2.75, 3.05) is 13.6 Å². The van der Waals surface area contributed by atoms with E-state index in [1.165, 1.54) is 10.4 Å². The Kier molecular flexibility index (Phi) is 2.47. The second-order valence-corrected chi connectivity index (χ2v) is 6.13. The lowest BCUT2D eigenvalue weighted by Crippen LogP contribution is -2.38. The molecule has 0 radical (unpaired) electrons. The van der Waals surface area contributed by atoms with Gasteiger partial charge in [0, 0.05) is 23.4 Å². The molecule has 15 heavy (non-hydrogen) atoms. The van der Waals surface area contributed by atoms with Crippen LogP contribution in [0, 0.1) is 0 Å². The van der Waals surface area contributed by atoms with Crippen LogP contribution in [0.5, 0.6) is 0 Å². The monoisotopic (exact) mass is 223 g/mol. The van der Waals surface area contributed by atoms with Gasteiger partial charge in [-0.1, -0.05) is 13.8 Å². The van der Waals surface area contributed by atoms with E-state index < -0.39 is 0 Å². The van der Waals surface area contributed by atoms with Gasteiger partial charge in [0.15, 0.2) is 5.78 Å². The molecule has 0 aliphatic carbocycles. The number of nitrogens with zero attached hydrogens (tertiary/aromatic N) is 1. The summed E-state index contributed by atoms with van der Waals surface area (Å²) < 4.78 is 0. The van der Waals surface area contributed by atoms with Gasteiger partial charge in [-0.05, 0) is 25.6 Å². The van der Waals surface area contributed by atoms with Gasteiger partial charge in [0.05, 0.1) is 4.88 Å². The number of carbonyl (C=O) groups excluding carboxylic acids is 1. The highest BCUT2D eigenvalue weighted by Gasteiger charge is 2.32. The highest BCUT2D eigenvalue weighted by molar-refractivity contribution is 7.14.